The fourth-order valence-electron chi connectivity index (χ4n) is 2.15. The van der Waals surface area contributed by atoms with Crippen molar-refractivity contribution >= 4 is 29.0 Å². The summed E-state index contributed by atoms with van der Waals surface area (Å²) in [5, 5.41) is 6.21. The van der Waals surface area contributed by atoms with Gasteiger partial charge in [-0.2, -0.15) is 0 Å². The molecule has 0 aliphatic rings. The number of benzene rings is 2. The van der Waals surface area contributed by atoms with Crippen LogP contribution in [0.3, 0.4) is 0 Å². The fourth-order valence-corrected chi connectivity index (χ4v) is 2.36. The van der Waals surface area contributed by atoms with E-state index < -0.39 is 11.7 Å². The first-order valence-corrected chi connectivity index (χ1v) is 7.86. The van der Waals surface area contributed by atoms with Gasteiger partial charge in [0, 0.05) is 17.6 Å². The van der Waals surface area contributed by atoms with Gasteiger partial charge in [0.15, 0.2) is 0 Å². The standard InChI is InChI=1S/C18H14ClFN4O/c19-13-6-2-1-5-12(13)10-21-17-9-16(22-11-23-17)18(25)24-15-8-4-3-7-14(15)20/h1-9,11H,10H2,(H,24,25)(H,21,22,23). The minimum Gasteiger partial charge on any atom is -0.366 e. The molecule has 0 radical (unpaired) electrons. The molecule has 0 fully saturated rings. The lowest BCUT2D eigenvalue weighted by Gasteiger charge is -2.09. The lowest BCUT2D eigenvalue weighted by atomic mass is 10.2. The molecule has 2 aromatic carbocycles. The number of amides is 1. The molecule has 126 valence electrons. The molecular formula is C18H14ClFN4O. The number of halogens is 2. The molecule has 0 spiro atoms. The average Bonchev–Trinajstić information content (AvgIpc) is 2.63. The molecule has 25 heavy (non-hydrogen) atoms. The van der Waals surface area contributed by atoms with Gasteiger partial charge in [0.1, 0.15) is 23.7 Å². The normalized spacial score (nSPS) is 10.3. The number of para-hydroxylation sites is 1. The van der Waals surface area contributed by atoms with Crippen LogP contribution in [0.25, 0.3) is 0 Å². The summed E-state index contributed by atoms with van der Waals surface area (Å²) in [6, 6.07) is 14.8. The van der Waals surface area contributed by atoms with E-state index in [1.807, 2.05) is 18.2 Å². The number of aromatic nitrogens is 2. The number of rotatable bonds is 5. The van der Waals surface area contributed by atoms with Crippen LogP contribution >= 0.6 is 11.6 Å². The van der Waals surface area contributed by atoms with Gasteiger partial charge in [-0.25, -0.2) is 14.4 Å². The van der Waals surface area contributed by atoms with Crippen LogP contribution in [0.4, 0.5) is 15.9 Å². The Bertz CT molecular complexity index is 904. The van der Waals surface area contributed by atoms with Gasteiger partial charge in [-0.1, -0.05) is 41.9 Å². The highest BCUT2D eigenvalue weighted by molar-refractivity contribution is 6.31. The average molecular weight is 357 g/mol. The van der Waals surface area contributed by atoms with Gasteiger partial charge in [-0.05, 0) is 23.8 Å². The molecule has 1 amide bonds. The number of hydrogen-bond donors (Lipinski definition) is 2. The molecule has 2 N–H and O–H groups in total. The Balaban J connectivity index is 1.70. The van der Waals surface area contributed by atoms with Gasteiger partial charge >= 0.3 is 0 Å². The number of carbonyl (C=O) groups excluding carboxylic acids is 1. The Hall–Kier alpha value is -2.99. The van der Waals surface area contributed by atoms with Crippen molar-refractivity contribution in [1.82, 2.24) is 9.97 Å². The molecule has 0 aliphatic carbocycles. The van der Waals surface area contributed by atoms with Crippen LogP contribution in [0.1, 0.15) is 16.1 Å². The predicted octanol–water partition coefficient (Wildman–Crippen LogP) is 4.13. The van der Waals surface area contributed by atoms with Crippen LogP contribution < -0.4 is 10.6 Å². The van der Waals surface area contributed by atoms with E-state index in [-0.39, 0.29) is 11.4 Å². The van der Waals surface area contributed by atoms with Crippen molar-refractivity contribution in [1.29, 1.82) is 0 Å². The summed E-state index contributed by atoms with van der Waals surface area (Å²) in [5.41, 5.74) is 1.12. The maximum atomic E-state index is 13.6. The third-order valence-corrected chi connectivity index (χ3v) is 3.81. The van der Waals surface area contributed by atoms with Crippen molar-refractivity contribution in [3.05, 3.63) is 83.0 Å². The second-order valence-electron chi connectivity index (χ2n) is 5.17. The maximum absolute atomic E-state index is 13.6. The van der Waals surface area contributed by atoms with E-state index in [0.717, 1.165) is 5.56 Å². The Labute approximate surface area is 148 Å². The van der Waals surface area contributed by atoms with E-state index >= 15 is 0 Å². The molecule has 5 nitrogen and oxygen atoms in total. The molecule has 3 aromatic rings. The number of anilines is 2. The van der Waals surface area contributed by atoms with Crippen molar-refractivity contribution in [2.45, 2.75) is 6.54 Å². The van der Waals surface area contributed by atoms with Gasteiger partial charge < -0.3 is 10.6 Å². The minimum absolute atomic E-state index is 0.0942. The predicted molar refractivity (Wildman–Crippen MR) is 95.2 cm³/mol. The second-order valence-corrected chi connectivity index (χ2v) is 5.57. The van der Waals surface area contributed by atoms with Gasteiger partial charge in [0.25, 0.3) is 5.91 Å². The smallest absolute Gasteiger partial charge is 0.274 e. The van der Waals surface area contributed by atoms with Crippen molar-refractivity contribution < 1.29 is 9.18 Å². The summed E-state index contributed by atoms with van der Waals surface area (Å²) in [5.74, 6) is -0.566. The van der Waals surface area contributed by atoms with Gasteiger partial charge in [-0.15, -0.1) is 0 Å². The molecule has 7 heteroatoms. The third-order valence-electron chi connectivity index (χ3n) is 3.44. The van der Waals surface area contributed by atoms with Crippen molar-refractivity contribution in [3.63, 3.8) is 0 Å². The summed E-state index contributed by atoms with van der Waals surface area (Å²) >= 11 is 6.10. The van der Waals surface area contributed by atoms with Gasteiger partial charge in [0.2, 0.25) is 0 Å². The maximum Gasteiger partial charge on any atom is 0.274 e. The van der Waals surface area contributed by atoms with E-state index in [9.17, 15) is 9.18 Å². The highest BCUT2D eigenvalue weighted by atomic mass is 35.5. The topological polar surface area (TPSA) is 66.9 Å². The molecule has 1 heterocycles. The molecule has 0 atom stereocenters. The van der Waals surface area contributed by atoms with Crippen LogP contribution in [-0.4, -0.2) is 15.9 Å². The zero-order valence-electron chi connectivity index (χ0n) is 13.0. The minimum atomic E-state index is -0.520. The van der Waals surface area contributed by atoms with Crippen molar-refractivity contribution in [2.75, 3.05) is 10.6 Å². The summed E-state index contributed by atoms with van der Waals surface area (Å²) < 4.78 is 13.6. The molecule has 0 saturated carbocycles. The van der Waals surface area contributed by atoms with Crippen LogP contribution in [0.5, 0.6) is 0 Å². The fraction of sp³-hybridized carbons (Fsp3) is 0.0556. The van der Waals surface area contributed by atoms with Crippen molar-refractivity contribution in [3.8, 4) is 0 Å². The van der Waals surface area contributed by atoms with E-state index in [1.54, 1.807) is 18.2 Å². The summed E-state index contributed by atoms with van der Waals surface area (Å²) in [6.07, 6.45) is 1.27. The van der Waals surface area contributed by atoms with Crippen LogP contribution in [0.15, 0.2) is 60.9 Å². The second kappa shape index (κ2) is 7.72. The van der Waals surface area contributed by atoms with E-state index in [1.165, 1.54) is 24.5 Å². The monoisotopic (exact) mass is 356 g/mol. The highest BCUT2D eigenvalue weighted by Gasteiger charge is 2.11. The summed E-state index contributed by atoms with van der Waals surface area (Å²) in [7, 11) is 0. The lowest BCUT2D eigenvalue weighted by Crippen LogP contribution is -2.15. The number of nitrogens with zero attached hydrogens (tertiary/aromatic N) is 2. The molecule has 0 aliphatic heterocycles. The molecular weight excluding hydrogens is 343 g/mol. The first-order chi connectivity index (χ1) is 12.1. The molecule has 0 unspecified atom stereocenters. The Kier molecular flexibility index (Phi) is 5.20. The first-order valence-electron chi connectivity index (χ1n) is 7.48. The van der Waals surface area contributed by atoms with E-state index in [2.05, 4.69) is 20.6 Å². The summed E-state index contributed by atoms with van der Waals surface area (Å²) in [6.45, 7) is 0.449. The lowest BCUT2D eigenvalue weighted by molar-refractivity contribution is 0.102. The van der Waals surface area contributed by atoms with Crippen LogP contribution in [0, 0.1) is 5.82 Å². The van der Waals surface area contributed by atoms with Gasteiger partial charge in [0.05, 0.1) is 5.69 Å². The quantitative estimate of drug-likeness (QED) is 0.721. The zero-order chi connectivity index (χ0) is 17.6. The molecule has 0 saturated heterocycles. The van der Waals surface area contributed by atoms with E-state index in [0.29, 0.717) is 17.4 Å². The van der Waals surface area contributed by atoms with Crippen LogP contribution in [-0.2, 0) is 6.54 Å². The summed E-state index contributed by atoms with van der Waals surface area (Å²) in [4.78, 5) is 20.2. The highest BCUT2D eigenvalue weighted by Crippen LogP contribution is 2.17. The number of nitrogens with one attached hydrogen (secondary N) is 2. The first kappa shape index (κ1) is 16.9. The molecule has 3 rings (SSSR count). The van der Waals surface area contributed by atoms with Crippen molar-refractivity contribution in [2.24, 2.45) is 0 Å². The zero-order valence-corrected chi connectivity index (χ0v) is 13.8. The van der Waals surface area contributed by atoms with E-state index in [4.69, 9.17) is 11.6 Å². The Morgan fingerprint density at radius 2 is 1.84 bits per heavy atom. The van der Waals surface area contributed by atoms with Gasteiger partial charge in [-0.3, -0.25) is 4.79 Å². The SMILES string of the molecule is O=C(Nc1ccccc1F)c1cc(NCc2ccccc2Cl)ncn1. The number of carbonyl (C=O) groups is 1. The van der Waals surface area contributed by atoms with Crippen LogP contribution in [0.2, 0.25) is 5.02 Å². The third kappa shape index (κ3) is 4.30. The molecule has 1 aromatic heterocycles. The molecule has 0 bridgehead atoms. The number of hydrogen-bond acceptors (Lipinski definition) is 4. The largest absolute Gasteiger partial charge is 0.366 e. The Morgan fingerprint density at radius 1 is 1.08 bits per heavy atom. The Morgan fingerprint density at radius 3 is 2.64 bits per heavy atom.